The van der Waals surface area contributed by atoms with Crippen LogP contribution in [0.3, 0.4) is 0 Å². The van der Waals surface area contributed by atoms with E-state index in [1.807, 2.05) is 48.5 Å². The van der Waals surface area contributed by atoms with Crippen LogP contribution in [0.4, 0.5) is 5.69 Å². The molecule has 1 N–H and O–H groups in total. The molecule has 5 heteroatoms. The van der Waals surface area contributed by atoms with Gasteiger partial charge in [0.05, 0.1) is 5.69 Å². The number of ether oxygens (including phenoxy) is 1. The first-order chi connectivity index (χ1) is 13.7. The Bertz CT molecular complexity index is 937. The van der Waals surface area contributed by atoms with E-state index < -0.39 is 0 Å². The third kappa shape index (κ3) is 4.09. The second kappa shape index (κ2) is 8.30. The number of hydrogen-bond acceptors (Lipinski definition) is 3. The molecule has 1 amide bonds. The minimum absolute atomic E-state index is 0.00741. The van der Waals surface area contributed by atoms with E-state index in [0.717, 1.165) is 47.6 Å². The largest absolute Gasteiger partial charge is 0.483 e. The molecule has 0 radical (unpaired) electrons. The molecule has 0 unspecified atom stereocenters. The second-order valence-corrected chi connectivity index (χ2v) is 7.07. The fraction of sp³-hybridized carbons (Fsp3) is 0.304. The van der Waals surface area contributed by atoms with E-state index in [0.29, 0.717) is 0 Å². The molecule has 0 aliphatic carbocycles. The number of rotatable bonds is 6. The summed E-state index contributed by atoms with van der Waals surface area (Å²) in [5.74, 6) is 1.76. The molecule has 0 saturated carbocycles. The Morgan fingerprint density at radius 1 is 1.14 bits per heavy atom. The molecule has 0 spiro atoms. The number of nitrogens with one attached hydrogen (secondary N) is 1. The number of para-hydroxylation sites is 1. The molecular weight excluding hydrogens is 350 g/mol. The van der Waals surface area contributed by atoms with Crippen LogP contribution in [0.1, 0.15) is 31.2 Å². The van der Waals surface area contributed by atoms with Gasteiger partial charge in [0.1, 0.15) is 11.6 Å². The van der Waals surface area contributed by atoms with Crippen LogP contribution in [0.15, 0.2) is 54.7 Å². The number of carbonyl (C=O) groups is 1. The highest BCUT2D eigenvalue weighted by Gasteiger charge is 2.13. The molecule has 2 aromatic carbocycles. The Kier molecular flexibility index (Phi) is 5.42. The number of fused-ring (bicyclic) bond motifs is 1. The van der Waals surface area contributed by atoms with E-state index in [4.69, 9.17) is 9.72 Å². The van der Waals surface area contributed by atoms with Crippen molar-refractivity contribution in [1.29, 1.82) is 0 Å². The zero-order valence-corrected chi connectivity index (χ0v) is 16.1. The highest BCUT2D eigenvalue weighted by molar-refractivity contribution is 5.92. The van der Waals surface area contributed by atoms with Crippen molar-refractivity contribution in [2.75, 3.05) is 11.9 Å². The Labute approximate surface area is 165 Å². The van der Waals surface area contributed by atoms with Crippen molar-refractivity contribution in [3.8, 4) is 17.0 Å². The fourth-order valence-electron chi connectivity index (χ4n) is 3.55. The molecule has 4 rings (SSSR count). The van der Waals surface area contributed by atoms with E-state index in [1.54, 1.807) is 0 Å². The van der Waals surface area contributed by atoms with Gasteiger partial charge in [-0.2, -0.15) is 0 Å². The van der Waals surface area contributed by atoms with E-state index in [2.05, 4.69) is 23.0 Å². The summed E-state index contributed by atoms with van der Waals surface area (Å²) in [5, 5.41) is 2.89. The van der Waals surface area contributed by atoms with E-state index in [1.165, 1.54) is 18.7 Å². The number of aryl methyl sites for hydroxylation is 3. The summed E-state index contributed by atoms with van der Waals surface area (Å²) in [4.78, 5) is 17.0. The van der Waals surface area contributed by atoms with Gasteiger partial charge in [0, 0.05) is 30.4 Å². The number of carbonyl (C=O) groups excluding carboxylic acids is 1. The fourth-order valence-corrected chi connectivity index (χ4v) is 3.55. The summed E-state index contributed by atoms with van der Waals surface area (Å²) >= 11 is 0. The van der Waals surface area contributed by atoms with Crippen molar-refractivity contribution < 1.29 is 9.53 Å². The second-order valence-electron chi connectivity index (χ2n) is 7.07. The Hall–Kier alpha value is -3.08. The quantitative estimate of drug-likeness (QED) is 0.692. The van der Waals surface area contributed by atoms with E-state index in [-0.39, 0.29) is 12.5 Å². The van der Waals surface area contributed by atoms with Gasteiger partial charge in [0.2, 0.25) is 0 Å². The molecule has 2 heterocycles. The minimum Gasteiger partial charge on any atom is -0.483 e. The van der Waals surface area contributed by atoms with Gasteiger partial charge in [-0.15, -0.1) is 0 Å². The molecule has 5 nitrogen and oxygen atoms in total. The summed E-state index contributed by atoms with van der Waals surface area (Å²) in [6, 6.07) is 15.6. The maximum atomic E-state index is 12.2. The van der Waals surface area contributed by atoms with E-state index in [9.17, 15) is 4.79 Å². The number of anilines is 1. The van der Waals surface area contributed by atoms with Crippen molar-refractivity contribution in [1.82, 2.24) is 9.55 Å². The number of amides is 1. The molecule has 0 atom stereocenters. The van der Waals surface area contributed by atoms with Gasteiger partial charge in [-0.05, 0) is 43.0 Å². The van der Waals surface area contributed by atoms with Gasteiger partial charge in [0.25, 0.3) is 5.91 Å². The molecule has 1 aliphatic rings. The number of benzene rings is 2. The van der Waals surface area contributed by atoms with Crippen molar-refractivity contribution in [3.63, 3.8) is 0 Å². The van der Waals surface area contributed by atoms with Crippen LogP contribution in [0.2, 0.25) is 0 Å². The SMILES string of the molecule is CCc1ccccc1OCC(=O)Nc1ccc(-c2cn3c(n2)CCCC3)cc1. The van der Waals surface area contributed by atoms with Gasteiger partial charge in [-0.3, -0.25) is 4.79 Å². The van der Waals surface area contributed by atoms with Crippen molar-refractivity contribution in [2.24, 2.45) is 0 Å². The molecule has 3 aromatic rings. The molecule has 0 saturated heterocycles. The molecule has 1 aromatic heterocycles. The van der Waals surface area contributed by atoms with Gasteiger partial charge >= 0.3 is 0 Å². The third-order valence-corrected chi connectivity index (χ3v) is 5.09. The zero-order chi connectivity index (χ0) is 19.3. The van der Waals surface area contributed by atoms with Crippen LogP contribution in [0, 0.1) is 0 Å². The van der Waals surface area contributed by atoms with Crippen LogP contribution in [0.5, 0.6) is 5.75 Å². The monoisotopic (exact) mass is 375 g/mol. The predicted molar refractivity (Wildman–Crippen MR) is 111 cm³/mol. The average molecular weight is 375 g/mol. The number of imidazole rings is 1. The van der Waals surface area contributed by atoms with Gasteiger partial charge < -0.3 is 14.6 Å². The lowest BCUT2D eigenvalue weighted by molar-refractivity contribution is -0.118. The van der Waals surface area contributed by atoms with Gasteiger partial charge in [0.15, 0.2) is 6.61 Å². The normalized spacial score (nSPS) is 13.0. The molecule has 1 aliphatic heterocycles. The summed E-state index contributed by atoms with van der Waals surface area (Å²) in [6.45, 7) is 3.12. The topological polar surface area (TPSA) is 56.1 Å². The number of nitrogens with zero attached hydrogens (tertiary/aromatic N) is 2. The standard InChI is InChI=1S/C23H25N3O2/c1-2-17-7-3-4-8-21(17)28-16-23(27)24-19-12-10-18(11-13-19)20-15-26-14-6-5-9-22(26)25-20/h3-4,7-8,10-13,15H,2,5-6,9,14,16H2,1H3,(H,24,27). The third-order valence-electron chi connectivity index (χ3n) is 5.09. The minimum atomic E-state index is -0.170. The zero-order valence-electron chi connectivity index (χ0n) is 16.1. The maximum absolute atomic E-state index is 12.2. The Morgan fingerprint density at radius 3 is 2.75 bits per heavy atom. The Morgan fingerprint density at radius 2 is 1.96 bits per heavy atom. The smallest absolute Gasteiger partial charge is 0.262 e. The van der Waals surface area contributed by atoms with Gasteiger partial charge in [-0.1, -0.05) is 37.3 Å². The molecule has 28 heavy (non-hydrogen) atoms. The van der Waals surface area contributed by atoms with Crippen LogP contribution in [-0.4, -0.2) is 22.1 Å². The summed E-state index contributed by atoms with van der Waals surface area (Å²) in [6.07, 6.45) is 6.48. The lowest BCUT2D eigenvalue weighted by atomic mass is 10.1. The van der Waals surface area contributed by atoms with Crippen molar-refractivity contribution >= 4 is 11.6 Å². The van der Waals surface area contributed by atoms with Crippen LogP contribution in [0.25, 0.3) is 11.3 Å². The van der Waals surface area contributed by atoms with E-state index >= 15 is 0 Å². The molecule has 144 valence electrons. The summed E-state index contributed by atoms with van der Waals surface area (Å²) < 4.78 is 7.93. The molecule has 0 fully saturated rings. The Balaban J connectivity index is 1.36. The first kappa shape index (κ1) is 18.3. The van der Waals surface area contributed by atoms with Crippen LogP contribution in [-0.2, 0) is 24.2 Å². The van der Waals surface area contributed by atoms with Crippen molar-refractivity contribution in [3.05, 3.63) is 66.1 Å². The number of hydrogen-bond donors (Lipinski definition) is 1. The van der Waals surface area contributed by atoms with Crippen LogP contribution >= 0.6 is 0 Å². The number of aromatic nitrogens is 2. The highest BCUT2D eigenvalue weighted by atomic mass is 16.5. The highest BCUT2D eigenvalue weighted by Crippen LogP contribution is 2.24. The first-order valence-corrected chi connectivity index (χ1v) is 9.90. The predicted octanol–water partition coefficient (Wildman–Crippen LogP) is 4.47. The first-order valence-electron chi connectivity index (χ1n) is 9.90. The average Bonchev–Trinajstić information content (AvgIpc) is 3.17. The maximum Gasteiger partial charge on any atom is 0.262 e. The van der Waals surface area contributed by atoms with Gasteiger partial charge in [-0.25, -0.2) is 4.98 Å². The van der Waals surface area contributed by atoms with Crippen LogP contribution < -0.4 is 10.1 Å². The molecule has 0 bridgehead atoms. The molecular formula is C23H25N3O2. The van der Waals surface area contributed by atoms with Crippen molar-refractivity contribution in [2.45, 2.75) is 39.2 Å². The summed E-state index contributed by atoms with van der Waals surface area (Å²) in [5.41, 5.74) is 3.91. The lowest BCUT2D eigenvalue weighted by Crippen LogP contribution is -2.20. The lowest BCUT2D eigenvalue weighted by Gasteiger charge is -2.11. The summed E-state index contributed by atoms with van der Waals surface area (Å²) in [7, 11) is 0.